The summed E-state index contributed by atoms with van der Waals surface area (Å²) in [4.78, 5) is 12.4. The predicted molar refractivity (Wildman–Crippen MR) is 99.8 cm³/mol. The van der Waals surface area contributed by atoms with E-state index in [1.807, 2.05) is 24.3 Å². The van der Waals surface area contributed by atoms with Gasteiger partial charge in [0.1, 0.15) is 17.3 Å². The van der Waals surface area contributed by atoms with Crippen molar-refractivity contribution in [1.82, 2.24) is 21.3 Å². The fourth-order valence-corrected chi connectivity index (χ4v) is 2.18. The maximum atomic E-state index is 12.4. The van der Waals surface area contributed by atoms with Gasteiger partial charge in [-0.1, -0.05) is 12.1 Å². The van der Waals surface area contributed by atoms with Gasteiger partial charge in [-0.15, -0.1) is 0 Å². The number of thiocarbonyl (C=S) groups is 1. The lowest BCUT2D eigenvalue weighted by Crippen LogP contribution is -2.39. The number of rotatable bonds is 7. The second kappa shape index (κ2) is 9.89. The van der Waals surface area contributed by atoms with Crippen LogP contribution in [0.15, 0.2) is 35.8 Å². The van der Waals surface area contributed by atoms with E-state index in [0.717, 1.165) is 11.3 Å². The van der Waals surface area contributed by atoms with Crippen molar-refractivity contribution in [3.8, 4) is 5.75 Å². The van der Waals surface area contributed by atoms with Crippen LogP contribution in [-0.4, -0.2) is 41.9 Å². The lowest BCUT2D eigenvalue weighted by Gasteiger charge is -2.16. The lowest BCUT2D eigenvalue weighted by atomic mass is 10.2. The summed E-state index contributed by atoms with van der Waals surface area (Å²) in [5, 5.41) is 11.2. The molecule has 9 heteroatoms. The fourth-order valence-electron chi connectivity index (χ4n) is 1.83. The molecule has 0 aliphatic heterocycles. The zero-order valence-corrected chi connectivity index (χ0v) is 15.7. The van der Waals surface area contributed by atoms with Gasteiger partial charge < -0.3 is 26.0 Å². The molecule has 0 heterocycles. The average molecular weight is 371 g/mol. The van der Waals surface area contributed by atoms with Gasteiger partial charge in [-0.2, -0.15) is 0 Å². The molecule has 1 rings (SSSR count). The third-order valence-electron chi connectivity index (χ3n) is 3.05. The number of ether oxygens (including phenoxy) is 1. The number of nitrogens with one attached hydrogen (secondary N) is 4. The number of carbonyl (C=O) groups is 1. The molecule has 4 N–H and O–H groups in total. The van der Waals surface area contributed by atoms with Crippen molar-refractivity contribution in [3.63, 3.8) is 0 Å². The first-order chi connectivity index (χ1) is 11.4. The molecule has 24 heavy (non-hydrogen) atoms. The highest BCUT2D eigenvalue weighted by Crippen LogP contribution is 2.12. The second-order valence-electron chi connectivity index (χ2n) is 4.65. The molecule has 1 unspecified atom stereocenters. The van der Waals surface area contributed by atoms with Crippen molar-refractivity contribution in [1.29, 1.82) is 0 Å². The van der Waals surface area contributed by atoms with Gasteiger partial charge in [0.05, 0.1) is 17.9 Å². The molecule has 0 bridgehead atoms. The third kappa shape index (κ3) is 5.82. The molecule has 7 nitrogen and oxygen atoms in total. The molecular formula is C15H22N4O3S2. The average Bonchev–Trinajstić information content (AvgIpc) is 2.59. The van der Waals surface area contributed by atoms with Crippen molar-refractivity contribution in [2.45, 2.75) is 6.54 Å². The molecule has 0 saturated carbocycles. The fraction of sp³-hybridized carbons (Fsp3) is 0.333. The van der Waals surface area contributed by atoms with E-state index in [0.29, 0.717) is 12.4 Å². The normalized spacial score (nSPS) is 12.5. The van der Waals surface area contributed by atoms with E-state index in [-0.39, 0.29) is 15.9 Å². The van der Waals surface area contributed by atoms with Gasteiger partial charge in [-0.3, -0.25) is 9.00 Å². The number of hydrogen-bond donors (Lipinski definition) is 4. The Morgan fingerprint density at radius 3 is 2.54 bits per heavy atom. The van der Waals surface area contributed by atoms with E-state index in [4.69, 9.17) is 17.0 Å². The number of amides is 1. The van der Waals surface area contributed by atoms with Gasteiger partial charge in [0.2, 0.25) is 0 Å². The molecule has 1 aromatic carbocycles. The standard InChI is InChI=1S/C15H22N4O3S2/c1-16-12(13(17-2)19-15(23)24(4)21)14(20)18-9-10-6-5-7-11(8-10)22-3/h5-8,16-17H,9H2,1-4H3,(H,18,20)(H,19,23)/b13-12-. The summed E-state index contributed by atoms with van der Waals surface area (Å²) in [5.41, 5.74) is 1.16. The molecule has 0 aliphatic rings. The topological polar surface area (TPSA) is 91.5 Å². The Kier molecular flexibility index (Phi) is 8.20. The van der Waals surface area contributed by atoms with E-state index in [9.17, 15) is 9.00 Å². The summed E-state index contributed by atoms with van der Waals surface area (Å²) in [7, 11) is 3.51. The molecule has 1 amide bonds. The van der Waals surface area contributed by atoms with E-state index < -0.39 is 10.8 Å². The first kappa shape index (κ1) is 19.9. The molecule has 0 spiro atoms. The van der Waals surface area contributed by atoms with Crippen LogP contribution in [0.2, 0.25) is 0 Å². The van der Waals surface area contributed by atoms with Crippen LogP contribution in [0, 0.1) is 0 Å². The maximum Gasteiger partial charge on any atom is 0.271 e. The molecule has 0 aromatic heterocycles. The van der Waals surface area contributed by atoms with Crippen molar-refractivity contribution >= 4 is 33.2 Å². The first-order valence-corrected chi connectivity index (χ1v) is 9.04. The van der Waals surface area contributed by atoms with E-state index in [1.54, 1.807) is 21.2 Å². The summed E-state index contributed by atoms with van der Waals surface area (Å²) >= 11 is 4.98. The minimum absolute atomic E-state index is 0.132. The molecule has 1 atom stereocenters. The molecule has 132 valence electrons. The number of benzene rings is 1. The quantitative estimate of drug-likeness (QED) is 0.402. The summed E-state index contributed by atoms with van der Waals surface area (Å²) < 4.78 is 16.7. The van der Waals surface area contributed by atoms with Crippen LogP contribution < -0.4 is 26.0 Å². The van der Waals surface area contributed by atoms with Crippen LogP contribution in [0.5, 0.6) is 5.75 Å². The monoisotopic (exact) mass is 370 g/mol. The third-order valence-corrected chi connectivity index (χ3v) is 4.48. The summed E-state index contributed by atoms with van der Waals surface area (Å²) in [6.45, 7) is 0.336. The van der Waals surface area contributed by atoms with Crippen LogP contribution in [0.25, 0.3) is 0 Å². The van der Waals surface area contributed by atoms with Crippen LogP contribution in [0.3, 0.4) is 0 Å². The Morgan fingerprint density at radius 2 is 2.00 bits per heavy atom. The van der Waals surface area contributed by atoms with Crippen LogP contribution in [-0.2, 0) is 22.1 Å². The van der Waals surface area contributed by atoms with E-state index in [1.165, 1.54) is 6.26 Å². The Balaban J connectivity index is 2.85. The number of hydrogen-bond acceptors (Lipinski definition) is 6. The highest BCUT2D eigenvalue weighted by molar-refractivity contribution is 8.12. The van der Waals surface area contributed by atoms with Gasteiger partial charge >= 0.3 is 0 Å². The van der Waals surface area contributed by atoms with Crippen molar-refractivity contribution < 1.29 is 13.7 Å². The van der Waals surface area contributed by atoms with Gasteiger partial charge in [0, 0.05) is 26.9 Å². The SMILES string of the molecule is CN/C(NC(=S)S(C)=O)=C(/NC)C(=O)NCc1cccc(OC)c1. The molecule has 0 aliphatic carbocycles. The largest absolute Gasteiger partial charge is 0.497 e. The number of carbonyl (C=O) groups excluding carboxylic acids is 1. The Hall–Kier alpha value is -2.13. The van der Waals surface area contributed by atoms with Gasteiger partial charge in [-0.05, 0) is 29.9 Å². The summed E-state index contributed by atoms with van der Waals surface area (Å²) in [6.07, 6.45) is 1.46. The zero-order chi connectivity index (χ0) is 18.1. The Labute approximate surface area is 149 Å². The zero-order valence-electron chi connectivity index (χ0n) is 14.1. The minimum Gasteiger partial charge on any atom is -0.497 e. The summed E-state index contributed by atoms with van der Waals surface area (Å²) in [6, 6.07) is 7.41. The number of likely N-dealkylation sites (N-methyl/N-ethyl adjacent to an activating group) is 1. The molecular weight excluding hydrogens is 348 g/mol. The maximum absolute atomic E-state index is 12.4. The molecule has 1 aromatic rings. The van der Waals surface area contributed by atoms with Gasteiger partial charge in [0.15, 0.2) is 4.32 Å². The van der Waals surface area contributed by atoms with Crippen LogP contribution >= 0.6 is 12.2 Å². The molecule has 0 saturated heterocycles. The second-order valence-corrected chi connectivity index (χ2v) is 6.63. The molecule has 0 radical (unpaired) electrons. The Bertz CT molecular complexity index is 662. The van der Waals surface area contributed by atoms with Crippen molar-refractivity contribution in [2.75, 3.05) is 27.5 Å². The highest BCUT2D eigenvalue weighted by Gasteiger charge is 2.15. The van der Waals surface area contributed by atoms with Crippen LogP contribution in [0.1, 0.15) is 5.56 Å². The predicted octanol–water partition coefficient (Wildman–Crippen LogP) is 0.172. The summed E-state index contributed by atoms with van der Waals surface area (Å²) in [5.74, 6) is 0.738. The van der Waals surface area contributed by atoms with Crippen molar-refractivity contribution in [3.05, 3.63) is 41.3 Å². The minimum atomic E-state index is -1.33. The van der Waals surface area contributed by atoms with Gasteiger partial charge in [0.25, 0.3) is 5.91 Å². The van der Waals surface area contributed by atoms with Crippen LogP contribution in [0.4, 0.5) is 0 Å². The molecule has 0 fully saturated rings. The number of methoxy groups -OCH3 is 1. The van der Waals surface area contributed by atoms with Crippen molar-refractivity contribution in [2.24, 2.45) is 0 Å². The highest BCUT2D eigenvalue weighted by atomic mass is 32.2. The van der Waals surface area contributed by atoms with Gasteiger partial charge in [-0.25, -0.2) is 0 Å². The first-order valence-electron chi connectivity index (χ1n) is 7.08. The van der Waals surface area contributed by atoms with E-state index >= 15 is 0 Å². The lowest BCUT2D eigenvalue weighted by molar-refractivity contribution is -0.118. The smallest absolute Gasteiger partial charge is 0.271 e. The Morgan fingerprint density at radius 1 is 1.29 bits per heavy atom. The van der Waals surface area contributed by atoms with E-state index in [2.05, 4.69) is 21.3 Å².